The van der Waals surface area contributed by atoms with Gasteiger partial charge in [0.1, 0.15) is 28.3 Å². The van der Waals surface area contributed by atoms with Crippen LogP contribution in [-0.2, 0) is 14.2 Å². The van der Waals surface area contributed by atoms with Gasteiger partial charge in [-0.1, -0.05) is 6.07 Å². The summed E-state index contributed by atoms with van der Waals surface area (Å²) in [6.45, 7) is 13.1. The molecule has 0 N–H and O–H groups in total. The number of benzene rings is 2. The fraction of sp³-hybridized carbons (Fsp3) is 0.433. The molecule has 41 heavy (non-hydrogen) atoms. The number of hydrogen-bond donors (Lipinski definition) is 0. The molecule has 2 heterocycles. The Morgan fingerprint density at radius 3 is 2.07 bits per heavy atom. The molecule has 2 aromatic carbocycles. The van der Waals surface area contributed by atoms with Crippen LogP contribution in [0.15, 0.2) is 47.1 Å². The molecular formula is C30H36BrN3O7. The molecule has 3 aromatic rings. The van der Waals surface area contributed by atoms with Crippen LogP contribution in [0.2, 0.25) is 0 Å². The van der Waals surface area contributed by atoms with E-state index in [-0.39, 0.29) is 11.7 Å². The number of aromatic nitrogens is 1. The van der Waals surface area contributed by atoms with E-state index in [4.69, 9.17) is 18.9 Å². The van der Waals surface area contributed by atoms with Crippen LogP contribution in [-0.4, -0.2) is 72.1 Å². The number of methoxy groups -OCH3 is 1. The Morgan fingerprint density at radius 2 is 1.46 bits per heavy atom. The van der Waals surface area contributed by atoms with E-state index in [9.17, 15) is 14.4 Å². The lowest BCUT2D eigenvalue weighted by Gasteiger charge is -2.37. The minimum absolute atomic E-state index is 0.253. The Hall–Kier alpha value is -3.73. The first-order valence-electron chi connectivity index (χ1n) is 13.3. The van der Waals surface area contributed by atoms with Crippen molar-refractivity contribution < 1.29 is 33.3 Å². The van der Waals surface area contributed by atoms with Gasteiger partial charge in [0.15, 0.2) is 0 Å². The zero-order valence-electron chi connectivity index (χ0n) is 24.4. The third-order valence-corrected chi connectivity index (χ3v) is 6.82. The summed E-state index contributed by atoms with van der Waals surface area (Å²) in [5, 5.41) is 0.644. The van der Waals surface area contributed by atoms with Crippen molar-refractivity contribution in [2.24, 2.45) is 0 Å². The van der Waals surface area contributed by atoms with Crippen molar-refractivity contribution in [3.05, 3.63) is 52.6 Å². The molecule has 1 amide bonds. The predicted octanol–water partition coefficient (Wildman–Crippen LogP) is 6.82. The maximum atomic E-state index is 12.9. The van der Waals surface area contributed by atoms with Crippen molar-refractivity contribution in [1.82, 2.24) is 9.47 Å². The SMILES string of the molecule is COC(=O)c1ccc(N2CCN(C(=O)OC(C)(C)C)CC2)cc1Oc1cccc2c1c(Br)cn2C(=O)OC(C)(C)C. The second-order valence-electron chi connectivity index (χ2n) is 11.7. The van der Waals surface area contributed by atoms with Crippen molar-refractivity contribution in [3.8, 4) is 11.5 Å². The number of fused-ring (bicyclic) bond motifs is 1. The van der Waals surface area contributed by atoms with Crippen LogP contribution in [0.25, 0.3) is 10.9 Å². The number of anilines is 1. The van der Waals surface area contributed by atoms with E-state index < -0.39 is 23.3 Å². The lowest BCUT2D eigenvalue weighted by atomic mass is 10.1. The molecule has 1 aromatic heterocycles. The number of nitrogens with zero attached hydrogens (tertiary/aromatic N) is 3. The molecule has 4 rings (SSSR count). The third-order valence-electron chi connectivity index (χ3n) is 6.22. The Labute approximate surface area is 248 Å². The molecule has 0 unspecified atom stereocenters. The van der Waals surface area contributed by atoms with Gasteiger partial charge in [0.05, 0.1) is 18.0 Å². The van der Waals surface area contributed by atoms with Crippen LogP contribution in [0.1, 0.15) is 51.9 Å². The lowest BCUT2D eigenvalue weighted by molar-refractivity contribution is 0.0240. The van der Waals surface area contributed by atoms with E-state index in [0.29, 0.717) is 53.1 Å². The summed E-state index contributed by atoms with van der Waals surface area (Å²) in [7, 11) is 1.31. The second-order valence-corrected chi connectivity index (χ2v) is 12.6. The van der Waals surface area contributed by atoms with Gasteiger partial charge < -0.3 is 28.7 Å². The van der Waals surface area contributed by atoms with Crippen LogP contribution in [0.4, 0.5) is 15.3 Å². The molecule has 0 radical (unpaired) electrons. The maximum absolute atomic E-state index is 12.9. The minimum Gasteiger partial charge on any atom is -0.465 e. The van der Waals surface area contributed by atoms with Gasteiger partial charge in [0.2, 0.25) is 0 Å². The smallest absolute Gasteiger partial charge is 0.419 e. The fourth-order valence-corrected chi connectivity index (χ4v) is 5.02. The zero-order valence-corrected chi connectivity index (χ0v) is 26.0. The lowest BCUT2D eigenvalue weighted by Crippen LogP contribution is -2.50. The number of hydrogen-bond acceptors (Lipinski definition) is 8. The molecule has 1 aliphatic heterocycles. The largest absolute Gasteiger partial charge is 0.465 e. The summed E-state index contributed by atoms with van der Waals surface area (Å²) < 4.78 is 24.5. The number of carbonyl (C=O) groups is 3. The molecule has 0 bridgehead atoms. The second kappa shape index (κ2) is 11.6. The number of ether oxygens (including phenoxy) is 4. The molecule has 1 fully saturated rings. The Kier molecular flexibility index (Phi) is 8.58. The molecule has 0 saturated carbocycles. The molecule has 11 heteroatoms. The van der Waals surface area contributed by atoms with Gasteiger partial charge in [-0.25, -0.2) is 14.4 Å². The summed E-state index contributed by atoms with van der Waals surface area (Å²) in [5.74, 6) is 0.195. The maximum Gasteiger partial charge on any atom is 0.419 e. The van der Waals surface area contributed by atoms with Crippen LogP contribution in [0, 0.1) is 0 Å². The molecular weight excluding hydrogens is 594 g/mol. The highest BCUT2D eigenvalue weighted by Crippen LogP contribution is 2.39. The van der Waals surface area contributed by atoms with Crippen LogP contribution >= 0.6 is 15.9 Å². The molecule has 220 valence electrons. The highest BCUT2D eigenvalue weighted by molar-refractivity contribution is 9.10. The Morgan fingerprint density at radius 1 is 0.829 bits per heavy atom. The van der Waals surface area contributed by atoms with E-state index in [1.807, 2.05) is 26.8 Å². The van der Waals surface area contributed by atoms with Crippen LogP contribution in [0.3, 0.4) is 0 Å². The van der Waals surface area contributed by atoms with Gasteiger partial charge in [-0.2, -0.15) is 0 Å². The topological polar surface area (TPSA) is 99.5 Å². The summed E-state index contributed by atoms with van der Waals surface area (Å²) in [6.07, 6.45) is 0.778. The molecule has 10 nitrogen and oxygen atoms in total. The normalized spacial score (nSPS) is 14.1. The van der Waals surface area contributed by atoms with Crippen LogP contribution in [0.5, 0.6) is 11.5 Å². The van der Waals surface area contributed by atoms with Gasteiger partial charge in [-0.05, 0) is 81.7 Å². The number of piperazine rings is 1. The summed E-state index contributed by atoms with van der Waals surface area (Å²) in [5.41, 5.74) is 0.438. The van der Waals surface area contributed by atoms with Crippen molar-refractivity contribution >= 4 is 50.7 Å². The van der Waals surface area contributed by atoms with Gasteiger partial charge in [0.25, 0.3) is 0 Å². The molecule has 0 spiro atoms. The highest BCUT2D eigenvalue weighted by atomic mass is 79.9. The van der Waals surface area contributed by atoms with E-state index in [1.165, 1.54) is 11.7 Å². The average molecular weight is 631 g/mol. The summed E-state index contributed by atoms with van der Waals surface area (Å²) in [6, 6.07) is 10.6. The van der Waals surface area contributed by atoms with Crippen molar-refractivity contribution in [2.45, 2.75) is 52.7 Å². The number of esters is 1. The first-order valence-corrected chi connectivity index (χ1v) is 14.1. The molecule has 0 atom stereocenters. The Balaban J connectivity index is 1.63. The number of amides is 1. The average Bonchev–Trinajstić information content (AvgIpc) is 3.24. The number of halogens is 1. The predicted molar refractivity (Wildman–Crippen MR) is 159 cm³/mol. The molecule has 0 aliphatic carbocycles. The standard InChI is InChI=1S/C30H36BrN3O7/c1-29(2,3)40-27(36)33-15-13-32(14-16-33)19-11-12-20(26(35)38-7)24(17-19)39-23-10-8-9-22-25(23)21(31)18-34(22)28(37)41-30(4,5)6/h8-12,17-18H,13-16H2,1-7H3. The van der Waals surface area contributed by atoms with Gasteiger partial charge in [-0.15, -0.1) is 0 Å². The fourth-order valence-electron chi connectivity index (χ4n) is 4.42. The van der Waals surface area contributed by atoms with E-state index in [0.717, 1.165) is 5.69 Å². The summed E-state index contributed by atoms with van der Waals surface area (Å²) in [4.78, 5) is 41.8. The van der Waals surface area contributed by atoms with Crippen molar-refractivity contribution in [1.29, 1.82) is 0 Å². The quantitative estimate of drug-likeness (QED) is 0.229. The van der Waals surface area contributed by atoms with E-state index in [1.54, 1.807) is 62.2 Å². The number of rotatable bonds is 4. The van der Waals surface area contributed by atoms with Crippen LogP contribution < -0.4 is 9.64 Å². The van der Waals surface area contributed by atoms with Crippen molar-refractivity contribution in [2.75, 3.05) is 38.2 Å². The minimum atomic E-state index is -0.664. The third kappa shape index (κ3) is 7.13. The molecule has 1 aliphatic rings. The van der Waals surface area contributed by atoms with E-state index >= 15 is 0 Å². The molecule has 1 saturated heterocycles. The number of carbonyl (C=O) groups excluding carboxylic acids is 3. The monoisotopic (exact) mass is 629 g/mol. The van der Waals surface area contributed by atoms with Crippen molar-refractivity contribution in [3.63, 3.8) is 0 Å². The Bertz CT molecular complexity index is 1460. The summed E-state index contributed by atoms with van der Waals surface area (Å²) >= 11 is 3.55. The highest BCUT2D eigenvalue weighted by Gasteiger charge is 2.27. The van der Waals surface area contributed by atoms with Gasteiger partial charge >= 0.3 is 18.2 Å². The first-order chi connectivity index (χ1) is 19.2. The zero-order chi connectivity index (χ0) is 30.1. The first kappa shape index (κ1) is 30.2. The van der Waals surface area contributed by atoms with Gasteiger partial charge in [0, 0.05) is 48.6 Å². The van der Waals surface area contributed by atoms with E-state index in [2.05, 4.69) is 20.8 Å². The van der Waals surface area contributed by atoms with Gasteiger partial charge in [-0.3, -0.25) is 4.57 Å².